The summed E-state index contributed by atoms with van der Waals surface area (Å²) in [6.07, 6.45) is 2.28. The molecule has 1 aromatic rings. The van der Waals surface area contributed by atoms with Gasteiger partial charge in [-0.2, -0.15) is 5.10 Å². The second-order valence-corrected chi connectivity index (χ2v) is 4.91. The first-order valence-corrected chi connectivity index (χ1v) is 7.09. The van der Waals surface area contributed by atoms with Crippen molar-refractivity contribution in [2.45, 2.75) is 39.2 Å². The number of amides is 1. The molecule has 1 aromatic heterocycles. The van der Waals surface area contributed by atoms with Crippen molar-refractivity contribution in [3.05, 3.63) is 17.5 Å². The average molecular weight is 279 g/mol. The number of nitrogens with zero attached hydrogens (tertiary/aromatic N) is 3. The normalized spacial score (nSPS) is 18.4. The van der Waals surface area contributed by atoms with Crippen molar-refractivity contribution in [1.82, 2.24) is 14.7 Å². The van der Waals surface area contributed by atoms with Gasteiger partial charge in [0.1, 0.15) is 11.7 Å². The second-order valence-electron chi connectivity index (χ2n) is 4.91. The monoisotopic (exact) mass is 279 g/mol. The molecule has 20 heavy (non-hydrogen) atoms. The number of aryl methyl sites for hydroxylation is 2. The standard InChI is InChI=1S/C14H21N3O3/c1-4-10-9-12(16(3)15-10)13(18)17-8-6-7-11(17)14(19)20-5-2/h9,11H,4-8H2,1-3H3. The number of likely N-dealkylation sites (tertiary alicyclic amines) is 1. The molecule has 0 aromatic carbocycles. The Labute approximate surface area is 118 Å². The zero-order valence-electron chi connectivity index (χ0n) is 12.3. The van der Waals surface area contributed by atoms with Gasteiger partial charge < -0.3 is 9.64 Å². The van der Waals surface area contributed by atoms with Gasteiger partial charge in [0.15, 0.2) is 0 Å². The molecule has 0 bridgehead atoms. The summed E-state index contributed by atoms with van der Waals surface area (Å²) in [5, 5.41) is 4.28. The van der Waals surface area contributed by atoms with Crippen molar-refractivity contribution in [2.24, 2.45) is 7.05 Å². The lowest BCUT2D eigenvalue weighted by Gasteiger charge is -2.22. The summed E-state index contributed by atoms with van der Waals surface area (Å²) in [4.78, 5) is 26.1. The molecular weight excluding hydrogens is 258 g/mol. The van der Waals surface area contributed by atoms with Crippen LogP contribution in [0.2, 0.25) is 0 Å². The average Bonchev–Trinajstić information content (AvgIpc) is 3.04. The fraction of sp³-hybridized carbons (Fsp3) is 0.643. The number of esters is 1. The third-order valence-electron chi connectivity index (χ3n) is 3.58. The Hall–Kier alpha value is -1.85. The van der Waals surface area contributed by atoms with Crippen molar-refractivity contribution >= 4 is 11.9 Å². The lowest BCUT2D eigenvalue weighted by molar-refractivity contribution is -0.147. The fourth-order valence-electron chi connectivity index (χ4n) is 2.54. The van der Waals surface area contributed by atoms with E-state index >= 15 is 0 Å². The van der Waals surface area contributed by atoms with Crippen molar-refractivity contribution in [1.29, 1.82) is 0 Å². The Balaban J connectivity index is 2.18. The zero-order chi connectivity index (χ0) is 14.7. The molecule has 1 unspecified atom stereocenters. The highest BCUT2D eigenvalue weighted by molar-refractivity contribution is 5.96. The number of aromatic nitrogens is 2. The van der Waals surface area contributed by atoms with Crippen LogP contribution in [0.25, 0.3) is 0 Å². The van der Waals surface area contributed by atoms with Crippen LogP contribution in [-0.4, -0.2) is 45.8 Å². The molecule has 1 amide bonds. The van der Waals surface area contributed by atoms with Gasteiger partial charge in [0.05, 0.1) is 12.3 Å². The fourth-order valence-corrected chi connectivity index (χ4v) is 2.54. The summed E-state index contributed by atoms with van der Waals surface area (Å²) in [7, 11) is 1.75. The summed E-state index contributed by atoms with van der Waals surface area (Å²) in [5.41, 5.74) is 1.40. The molecule has 0 saturated carbocycles. The van der Waals surface area contributed by atoms with Gasteiger partial charge in [0.2, 0.25) is 0 Å². The highest BCUT2D eigenvalue weighted by atomic mass is 16.5. The summed E-state index contributed by atoms with van der Waals surface area (Å²) in [5.74, 6) is -0.452. The number of carbonyl (C=O) groups excluding carboxylic acids is 2. The van der Waals surface area contributed by atoms with E-state index in [0.29, 0.717) is 25.3 Å². The Morgan fingerprint density at radius 3 is 2.80 bits per heavy atom. The largest absolute Gasteiger partial charge is 0.464 e. The van der Waals surface area contributed by atoms with Crippen molar-refractivity contribution in [3.63, 3.8) is 0 Å². The molecule has 110 valence electrons. The first kappa shape index (κ1) is 14.6. The number of ether oxygens (including phenoxy) is 1. The molecule has 0 aliphatic carbocycles. The van der Waals surface area contributed by atoms with Crippen LogP contribution in [-0.2, 0) is 23.0 Å². The first-order valence-electron chi connectivity index (χ1n) is 7.09. The Morgan fingerprint density at radius 2 is 2.20 bits per heavy atom. The van der Waals surface area contributed by atoms with E-state index in [1.807, 2.05) is 6.92 Å². The molecule has 0 N–H and O–H groups in total. The molecule has 6 nitrogen and oxygen atoms in total. The molecular formula is C14H21N3O3. The summed E-state index contributed by atoms with van der Waals surface area (Å²) < 4.78 is 6.63. The van der Waals surface area contributed by atoms with E-state index in [9.17, 15) is 9.59 Å². The van der Waals surface area contributed by atoms with Gasteiger partial charge in [-0.05, 0) is 32.3 Å². The zero-order valence-corrected chi connectivity index (χ0v) is 12.3. The van der Waals surface area contributed by atoms with Crippen LogP contribution < -0.4 is 0 Å². The minimum Gasteiger partial charge on any atom is -0.464 e. The van der Waals surface area contributed by atoms with Crippen LogP contribution in [0.5, 0.6) is 0 Å². The maximum absolute atomic E-state index is 12.6. The van der Waals surface area contributed by atoms with E-state index in [1.54, 1.807) is 29.6 Å². The van der Waals surface area contributed by atoms with Crippen LogP contribution in [0, 0.1) is 0 Å². The lowest BCUT2D eigenvalue weighted by Crippen LogP contribution is -2.42. The van der Waals surface area contributed by atoms with Gasteiger partial charge in [-0.1, -0.05) is 6.92 Å². The number of hydrogen-bond donors (Lipinski definition) is 0. The maximum atomic E-state index is 12.6. The van der Waals surface area contributed by atoms with E-state index in [0.717, 1.165) is 18.5 Å². The van der Waals surface area contributed by atoms with Crippen molar-refractivity contribution in [3.8, 4) is 0 Å². The number of rotatable bonds is 4. The minimum absolute atomic E-state index is 0.143. The molecule has 1 atom stereocenters. The smallest absolute Gasteiger partial charge is 0.328 e. The van der Waals surface area contributed by atoms with Crippen LogP contribution >= 0.6 is 0 Å². The Bertz CT molecular complexity index is 510. The topological polar surface area (TPSA) is 64.4 Å². The molecule has 1 aliphatic heterocycles. The molecule has 6 heteroatoms. The third kappa shape index (κ3) is 2.69. The summed E-state index contributed by atoms with van der Waals surface area (Å²) in [6.45, 7) is 4.69. The van der Waals surface area contributed by atoms with Crippen molar-refractivity contribution in [2.75, 3.05) is 13.2 Å². The van der Waals surface area contributed by atoms with Gasteiger partial charge in [0.25, 0.3) is 5.91 Å². The van der Waals surface area contributed by atoms with E-state index in [1.165, 1.54) is 0 Å². The van der Waals surface area contributed by atoms with E-state index in [4.69, 9.17) is 4.74 Å². The molecule has 0 radical (unpaired) electrons. The van der Waals surface area contributed by atoms with E-state index < -0.39 is 6.04 Å². The molecule has 0 spiro atoms. The number of carbonyl (C=O) groups is 2. The predicted molar refractivity (Wildman–Crippen MR) is 73.3 cm³/mol. The minimum atomic E-state index is -0.456. The SMILES string of the molecule is CCOC(=O)C1CCCN1C(=O)c1cc(CC)nn1C. The van der Waals surface area contributed by atoms with Crippen LogP contribution in [0.15, 0.2) is 6.07 Å². The molecule has 1 fully saturated rings. The van der Waals surface area contributed by atoms with Gasteiger partial charge in [-0.25, -0.2) is 4.79 Å². The molecule has 2 heterocycles. The van der Waals surface area contributed by atoms with E-state index in [-0.39, 0.29) is 11.9 Å². The maximum Gasteiger partial charge on any atom is 0.328 e. The van der Waals surface area contributed by atoms with Crippen molar-refractivity contribution < 1.29 is 14.3 Å². The van der Waals surface area contributed by atoms with Gasteiger partial charge in [0, 0.05) is 13.6 Å². The van der Waals surface area contributed by atoms with Gasteiger partial charge in [-0.15, -0.1) is 0 Å². The number of hydrogen-bond acceptors (Lipinski definition) is 4. The highest BCUT2D eigenvalue weighted by Gasteiger charge is 2.36. The predicted octanol–water partition coefficient (Wildman–Crippen LogP) is 1.15. The quantitative estimate of drug-likeness (QED) is 0.776. The Kier molecular flexibility index (Phi) is 4.42. The van der Waals surface area contributed by atoms with Gasteiger partial charge in [-0.3, -0.25) is 9.48 Å². The highest BCUT2D eigenvalue weighted by Crippen LogP contribution is 2.21. The van der Waals surface area contributed by atoms with E-state index in [2.05, 4.69) is 5.10 Å². The molecule has 1 saturated heterocycles. The van der Waals surface area contributed by atoms with Crippen LogP contribution in [0.1, 0.15) is 42.9 Å². The van der Waals surface area contributed by atoms with Gasteiger partial charge >= 0.3 is 5.97 Å². The lowest BCUT2D eigenvalue weighted by atomic mass is 10.2. The second kappa shape index (κ2) is 6.07. The molecule has 1 aliphatic rings. The molecule has 2 rings (SSSR count). The summed E-state index contributed by atoms with van der Waals surface area (Å²) >= 11 is 0. The first-order chi connectivity index (χ1) is 9.58. The van der Waals surface area contributed by atoms with Crippen LogP contribution in [0.4, 0.5) is 0 Å². The third-order valence-corrected chi connectivity index (χ3v) is 3.58. The van der Waals surface area contributed by atoms with Crippen LogP contribution in [0.3, 0.4) is 0 Å². The summed E-state index contributed by atoms with van der Waals surface area (Å²) in [6, 6.07) is 1.34. The Morgan fingerprint density at radius 1 is 1.45 bits per heavy atom.